The first-order valence-corrected chi connectivity index (χ1v) is 6.52. The minimum Gasteiger partial charge on any atom is -0.326 e. The van der Waals surface area contributed by atoms with E-state index in [9.17, 15) is 4.39 Å². The molecule has 2 rings (SSSR count). The van der Waals surface area contributed by atoms with E-state index in [1.165, 1.54) is 12.1 Å². The van der Waals surface area contributed by atoms with Crippen LogP contribution < -0.4 is 5.73 Å². The van der Waals surface area contributed by atoms with Crippen molar-refractivity contribution >= 4 is 11.8 Å². The van der Waals surface area contributed by atoms with Gasteiger partial charge in [-0.15, -0.1) is 0 Å². The molecule has 0 atom stereocenters. The molecular weight excluding hydrogens is 247 g/mol. The Kier molecular flexibility index (Phi) is 3.99. The van der Waals surface area contributed by atoms with Gasteiger partial charge in [-0.1, -0.05) is 11.8 Å². The molecule has 0 bridgehead atoms. The lowest BCUT2D eigenvalue weighted by atomic mass is 10.2. The molecule has 1 aromatic carbocycles. The van der Waals surface area contributed by atoms with Crippen LogP contribution in [0.4, 0.5) is 4.39 Å². The normalized spacial score (nSPS) is 10.7. The Bertz CT molecular complexity index is 552. The number of nitrogens with zero attached hydrogens (tertiary/aromatic N) is 1. The molecule has 0 unspecified atom stereocenters. The van der Waals surface area contributed by atoms with E-state index in [1.54, 1.807) is 23.9 Å². The number of rotatable bonds is 3. The molecule has 1 aromatic heterocycles. The fourth-order valence-electron chi connectivity index (χ4n) is 1.79. The summed E-state index contributed by atoms with van der Waals surface area (Å²) in [6, 6.07) is 8.48. The van der Waals surface area contributed by atoms with Crippen LogP contribution in [0.5, 0.6) is 0 Å². The second-order valence-electron chi connectivity index (χ2n) is 4.09. The largest absolute Gasteiger partial charge is 0.326 e. The van der Waals surface area contributed by atoms with Crippen molar-refractivity contribution < 1.29 is 4.39 Å². The number of nitrogens with two attached hydrogens (primary N) is 1. The van der Waals surface area contributed by atoms with Crippen molar-refractivity contribution in [3.8, 4) is 0 Å². The van der Waals surface area contributed by atoms with Gasteiger partial charge in [-0.25, -0.2) is 4.39 Å². The molecule has 0 fully saturated rings. The van der Waals surface area contributed by atoms with Crippen molar-refractivity contribution in [3.63, 3.8) is 0 Å². The first kappa shape index (κ1) is 13.1. The molecule has 0 spiro atoms. The second-order valence-corrected chi connectivity index (χ2v) is 5.20. The average molecular weight is 262 g/mol. The van der Waals surface area contributed by atoms with Crippen LogP contribution in [-0.4, -0.2) is 4.98 Å². The summed E-state index contributed by atoms with van der Waals surface area (Å²) < 4.78 is 12.9. The Morgan fingerprint density at radius 1 is 1.22 bits per heavy atom. The van der Waals surface area contributed by atoms with Gasteiger partial charge in [0.15, 0.2) is 0 Å². The highest BCUT2D eigenvalue weighted by Crippen LogP contribution is 2.31. The number of halogens is 1. The number of aromatic nitrogens is 1. The topological polar surface area (TPSA) is 38.9 Å². The summed E-state index contributed by atoms with van der Waals surface area (Å²) in [5.74, 6) is -0.222. The SMILES string of the molecule is Cc1cc(Sc2ccc(F)cc2)c(CN)c(C)n1. The summed E-state index contributed by atoms with van der Waals surface area (Å²) in [6.45, 7) is 4.38. The van der Waals surface area contributed by atoms with Crippen molar-refractivity contribution in [3.05, 3.63) is 53.1 Å². The Labute approximate surface area is 110 Å². The summed E-state index contributed by atoms with van der Waals surface area (Å²) >= 11 is 1.59. The van der Waals surface area contributed by atoms with Crippen molar-refractivity contribution in [2.24, 2.45) is 5.73 Å². The standard InChI is InChI=1S/C14H15FN2S/c1-9-7-14(13(8-16)10(2)17-9)18-12-5-3-11(15)4-6-12/h3-7H,8,16H2,1-2H3. The van der Waals surface area contributed by atoms with Crippen LogP contribution in [0.2, 0.25) is 0 Å². The van der Waals surface area contributed by atoms with Gasteiger partial charge >= 0.3 is 0 Å². The molecule has 1 heterocycles. The Hall–Kier alpha value is -1.39. The molecule has 2 nitrogen and oxygen atoms in total. The smallest absolute Gasteiger partial charge is 0.123 e. The van der Waals surface area contributed by atoms with E-state index in [0.717, 1.165) is 26.7 Å². The van der Waals surface area contributed by atoms with Crippen LogP contribution in [0.25, 0.3) is 0 Å². The van der Waals surface area contributed by atoms with Gasteiger partial charge < -0.3 is 5.73 Å². The van der Waals surface area contributed by atoms with Gasteiger partial charge in [0.05, 0.1) is 0 Å². The predicted molar refractivity (Wildman–Crippen MR) is 72.1 cm³/mol. The van der Waals surface area contributed by atoms with Gasteiger partial charge in [0.1, 0.15) is 5.82 Å². The molecule has 4 heteroatoms. The zero-order valence-electron chi connectivity index (χ0n) is 10.4. The van der Waals surface area contributed by atoms with E-state index in [0.29, 0.717) is 6.54 Å². The number of pyridine rings is 1. The molecule has 2 aromatic rings. The molecule has 0 aliphatic rings. The molecule has 0 radical (unpaired) electrons. The lowest BCUT2D eigenvalue weighted by Gasteiger charge is -2.11. The summed E-state index contributed by atoms with van der Waals surface area (Å²) in [5.41, 5.74) is 8.74. The van der Waals surface area contributed by atoms with Crippen LogP contribution in [-0.2, 0) is 6.54 Å². The van der Waals surface area contributed by atoms with Gasteiger partial charge in [0, 0.05) is 33.3 Å². The van der Waals surface area contributed by atoms with Crippen LogP contribution in [0, 0.1) is 19.7 Å². The van der Waals surface area contributed by atoms with E-state index in [1.807, 2.05) is 19.9 Å². The van der Waals surface area contributed by atoms with Crippen molar-refractivity contribution in [2.75, 3.05) is 0 Å². The van der Waals surface area contributed by atoms with E-state index in [-0.39, 0.29) is 5.82 Å². The first-order chi connectivity index (χ1) is 8.60. The van der Waals surface area contributed by atoms with E-state index < -0.39 is 0 Å². The van der Waals surface area contributed by atoms with Crippen molar-refractivity contribution in [2.45, 2.75) is 30.2 Å². The maximum atomic E-state index is 12.9. The fraction of sp³-hybridized carbons (Fsp3) is 0.214. The number of aryl methyl sites for hydroxylation is 2. The van der Waals surface area contributed by atoms with E-state index >= 15 is 0 Å². The summed E-state index contributed by atoms with van der Waals surface area (Å²) in [5, 5.41) is 0. The molecule has 0 saturated carbocycles. The zero-order valence-corrected chi connectivity index (χ0v) is 11.2. The van der Waals surface area contributed by atoms with Crippen LogP contribution >= 0.6 is 11.8 Å². The van der Waals surface area contributed by atoms with E-state index in [2.05, 4.69) is 4.98 Å². The molecule has 0 amide bonds. The third kappa shape index (κ3) is 2.89. The molecule has 18 heavy (non-hydrogen) atoms. The highest BCUT2D eigenvalue weighted by Gasteiger charge is 2.08. The van der Waals surface area contributed by atoms with Gasteiger partial charge in [-0.3, -0.25) is 4.98 Å². The zero-order chi connectivity index (χ0) is 13.1. The maximum Gasteiger partial charge on any atom is 0.123 e. The number of hydrogen-bond donors (Lipinski definition) is 1. The lowest BCUT2D eigenvalue weighted by molar-refractivity contribution is 0.626. The summed E-state index contributed by atoms with van der Waals surface area (Å²) in [4.78, 5) is 6.50. The second kappa shape index (κ2) is 5.50. The lowest BCUT2D eigenvalue weighted by Crippen LogP contribution is -2.04. The molecular formula is C14H15FN2S. The predicted octanol–water partition coefficient (Wildman–Crippen LogP) is 3.45. The molecule has 0 saturated heterocycles. The van der Waals surface area contributed by atoms with Crippen LogP contribution in [0.3, 0.4) is 0 Å². The highest BCUT2D eigenvalue weighted by molar-refractivity contribution is 7.99. The van der Waals surface area contributed by atoms with Crippen molar-refractivity contribution in [1.82, 2.24) is 4.98 Å². The van der Waals surface area contributed by atoms with Gasteiger partial charge in [-0.05, 0) is 44.2 Å². The fourth-order valence-corrected chi connectivity index (χ4v) is 2.90. The summed E-state index contributed by atoms with van der Waals surface area (Å²) in [6.07, 6.45) is 0. The number of hydrogen-bond acceptors (Lipinski definition) is 3. The molecule has 0 aliphatic carbocycles. The molecule has 94 valence electrons. The maximum absolute atomic E-state index is 12.9. The Morgan fingerprint density at radius 2 is 1.89 bits per heavy atom. The monoisotopic (exact) mass is 262 g/mol. The molecule has 0 aliphatic heterocycles. The average Bonchev–Trinajstić information content (AvgIpc) is 2.32. The van der Waals surface area contributed by atoms with Gasteiger partial charge in [-0.2, -0.15) is 0 Å². The van der Waals surface area contributed by atoms with Gasteiger partial charge in [0.2, 0.25) is 0 Å². The minimum atomic E-state index is -0.222. The highest BCUT2D eigenvalue weighted by atomic mass is 32.2. The Morgan fingerprint density at radius 3 is 2.50 bits per heavy atom. The quantitative estimate of drug-likeness (QED) is 0.920. The third-order valence-electron chi connectivity index (χ3n) is 2.66. The number of benzene rings is 1. The van der Waals surface area contributed by atoms with Crippen molar-refractivity contribution in [1.29, 1.82) is 0 Å². The van der Waals surface area contributed by atoms with E-state index in [4.69, 9.17) is 5.73 Å². The minimum absolute atomic E-state index is 0.222. The van der Waals surface area contributed by atoms with Crippen LogP contribution in [0.1, 0.15) is 17.0 Å². The molecule has 2 N–H and O–H groups in total. The Balaban J connectivity index is 2.36. The first-order valence-electron chi connectivity index (χ1n) is 5.70. The third-order valence-corrected chi connectivity index (χ3v) is 3.76. The van der Waals surface area contributed by atoms with Crippen LogP contribution in [0.15, 0.2) is 40.1 Å². The van der Waals surface area contributed by atoms with Gasteiger partial charge in [0.25, 0.3) is 0 Å². The summed E-state index contributed by atoms with van der Waals surface area (Å²) in [7, 11) is 0.